The summed E-state index contributed by atoms with van der Waals surface area (Å²) in [4.78, 5) is 16.4. The standard InChI is InChI=1S/C24H25FN2O3/c1-16-4-5-17(2)22(12-16)30-24-11-8-19(15-27-24)14-26-23(28)10-7-18-6-9-21(29-3)20(25)13-18/h4-6,8-9,11-13,15H,7,10,14H2,1-3H3,(H,26,28). The van der Waals surface area contributed by atoms with Gasteiger partial charge in [0.25, 0.3) is 0 Å². The van der Waals surface area contributed by atoms with Crippen LogP contribution in [0.15, 0.2) is 54.7 Å². The van der Waals surface area contributed by atoms with E-state index in [9.17, 15) is 9.18 Å². The van der Waals surface area contributed by atoms with Crippen LogP contribution < -0.4 is 14.8 Å². The predicted molar refractivity (Wildman–Crippen MR) is 113 cm³/mol. The van der Waals surface area contributed by atoms with Crippen LogP contribution in [0.2, 0.25) is 0 Å². The lowest BCUT2D eigenvalue weighted by atomic mass is 10.1. The molecule has 6 heteroatoms. The van der Waals surface area contributed by atoms with Crippen LogP contribution in [-0.4, -0.2) is 18.0 Å². The zero-order valence-corrected chi connectivity index (χ0v) is 17.4. The van der Waals surface area contributed by atoms with Crippen molar-refractivity contribution in [3.8, 4) is 17.4 Å². The zero-order valence-electron chi connectivity index (χ0n) is 17.4. The van der Waals surface area contributed by atoms with Gasteiger partial charge in [0, 0.05) is 25.2 Å². The largest absolute Gasteiger partial charge is 0.494 e. The first kappa shape index (κ1) is 21.3. The molecule has 3 rings (SSSR count). The minimum Gasteiger partial charge on any atom is -0.494 e. The van der Waals surface area contributed by atoms with Gasteiger partial charge in [0.05, 0.1) is 7.11 Å². The Morgan fingerprint density at radius 2 is 1.83 bits per heavy atom. The van der Waals surface area contributed by atoms with Gasteiger partial charge in [0.1, 0.15) is 5.75 Å². The smallest absolute Gasteiger partial charge is 0.220 e. The minimum absolute atomic E-state index is 0.109. The highest BCUT2D eigenvalue weighted by atomic mass is 19.1. The summed E-state index contributed by atoms with van der Waals surface area (Å²) in [6.07, 6.45) is 2.40. The van der Waals surface area contributed by atoms with E-state index in [0.717, 1.165) is 28.0 Å². The summed E-state index contributed by atoms with van der Waals surface area (Å²) in [6.45, 7) is 4.36. The molecule has 0 aliphatic heterocycles. The summed E-state index contributed by atoms with van der Waals surface area (Å²) < 4.78 is 24.5. The van der Waals surface area contributed by atoms with Crippen LogP contribution in [0.3, 0.4) is 0 Å². The molecule has 0 bridgehead atoms. The van der Waals surface area contributed by atoms with Crippen molar-refractivity contribution in [1.82, 2.24) is 10.3 Å². The Morgan fingerprint density at radius 3 is 2.53 bits per heavy atom. The summed E-state index contributed by atoms with van der Waals surface area (Å²) in [7, 11) is 1.42. The molecule has 2 aromatic carbocycles. The Kier molecular flexibility index (Phi) is 7.01. The maximum absolute atomic E-state index is 13.7. The number of ether oxygens (including phenoxy) is 2. The number of nitrogens with one attached hydrogen (secondary N) is 1. The average molecular weight is 408 g/mol. The topological polar surface area (TPSA) is 60.5 Å². The number of nitrogens with zero attached hydrogens (tertiary/aromatic N) is 1. The molecular weight excluding hydrogens is 383 g/mol. The molecule has 0 saturated carbocycles. The van der Waals surface area contributed by atoms with Gasteiger partial charge in [-0.1, -0.05) is 24.3 Å². The lowest BCUT2D eigenvalue weighted by Gasteiger charge is -2.10. The Labute approximate surface area is 175 Å². The molecule has 1 N–H and O–H groups in total. The van der Waals surface area contributed by atoms with E-state index in [2.05, 4.69) is 10.3 Å². The van der Waals surface area contributed by atoms with E-state index in [-0.39, 0.29) is 18.1 Å². The third-order valence-corrected chi connectivity index (χ3v) is 4.70. The molecule has 0 spiro atoms. The number of pyridine rings is 1. The summed E-state index contributed by atoms with van der Waals surface area (Å²) >= 11 is 0. The van der Waals surface area contributed by atoms with Gasteiger partial charge in [0.15, 0.2) is 11.6 Å². The van der Waals surface area contributed by atoms with Gasteiger partial charge in [-0.2, -0.15) is 0 Å². The maximum Gasteiger partial charge on any atom is 0.220 e. The fraction of sp³-hybridized carbons (Fsp3) is 0.250. The molecule has 1 heterocycles. The third-order valence-electron chi connectivity index (χ3n) is 4.70. The Bertz CT molecular complexity index is 1020. The highest BCUT2D eigenvalue weighted by Gasteiger charge is 2.07. The molecule has 0 aliphatic rings. The molecule has 0 atom stereocenters. The lowest BCUT2D eigenvalue weighted by Crippen LogP contribution is -2.23. The van der Waals surface area contributed by atoms with Gasteiger partial charge in [-0.25, -0.2) is 9.37 Å². The van der Waals surface area contributed by atoms with Gasteiger partial charge < -0.3 is 14.8 Å². The molecule has 1 aromatic heterocycles. The normalized spacial score (nSPS) is 10.5. The van der Waals surface area contributed by atoms with Crippen molar-refractivity contribution < 1.29 is 18.7 Å². The van der Waals surface area contributed by atoms with Gasteiger partial charge in [-0.15, -0.1) is 0 Å². The number of carbonyl (C=O) groups is 1. The summed E-state index contributed by atoms with van der Waals surface area (Å²) in [5, 5.41) is 2.85. The number of aromatic nitrogens is 1. The SMILES string of the molecule is COc1ccc(CCC(=O)NCc2ccc(Oc3cc(C)ccc3C)nc2)cc1F. The second-order valence-corrected chi connectivity index (χ2v) is 7.12. The van der Waals surface area contributed by atoms with Crippen LogP contribution in [0.25, 0.3) is 0 Å². The van der Waals surface area contributed by atoms with Gasteiger partial charge in [-0.3, -0.25) is 4.79 Å². The Hall–Kier alpha value is -3.41. The molecule has 1 amide bonds. The minimum atomic E-state index is -0.426. The first-order valence-corrected chi connectivity index (χ1v) is 9.74. The van der Waals surface area contributed by atoms with Crippen molar-refractivity contribution in [3.05, 3.63) is 82.8 Å². The zero-order chi connectivity index (χ0) is 21.5. The quantitative estimate of drug-likeness (QED) is 0.577. The Balaban J connectivity index is 1.48. The molecule has 0 saturated heterocycles. The number of amides is 1. The number of hydrogen-bond donors (Lipinski definition) is 1. The number of benzene rings is 2. The molecule has 30 heavy (non-hydrogen) atoms. The van der Waals surface area contributed by atoms with Crippen molar-refractivity contribution in [1.29, 1.82) is 0 Å². The van der Waals surface area contributed by atoms with Crippen LogP contribution in [0, 0.1) is 19.7 Å². The molecule has 5 nitrogen and oxygen atoms in total. The molecule has 0 unspecified atom stereocenters. The first-order valence-electron chi connectivity index (χ1n) is 9.74. The van der Waals surface area contributed by atoms with Crippen LogP contribution >= 0.6 is 0 Å². The number of methoxy groups -OCH3 is 1. The number of rotatable bonds is 8. The number of hydrogen-bond acceptors (Lipinski definition) is 4. The van der Waals surface area contributed by atoms with Crippen LogP contribution in [0.4, 0.5) is 4.39 Å². The number of aryl methyl sites for hydroxylation is 3. The van der Waals surface area contributed by atoms with E-state index >= 15 is 0 Å². The second kappa shape index (κ2) is 9.87. The number of halogens is 1. The van der Waals surface area contributed by atoms with Gasteiger partial charge in [0.2, 0.25) is 11.8 Å². The number of carbonyl (C=O) groups excluding carboxylic acids is 1. The van der Waals surface area contributed by atoms with Gasteiger partial charge >= 0.3 is 0 Å². The highest BCUT2D eigenvalue weighted by Crippen LogP contribution is 2.24. The van der Waals surface area contributed by atoms with E-state index in [0.29, 0.717) is 18.8 Å². The summed E-state index contributed by atoms with van der Waals surface area (Å²) in [5.74, 6) is 0.936. The molecule has 0 fully saturated rings. The van der Waals surface area contributed by atoms with E-state index in [1.807, 2.05) is 38.1 Å². The van der Waals surface area contributed by atoms with Crippen molar-refractivity contribution in [2.24, 2.45) is 0 Å². The molecule has 0 radical (unpaired) electrons. The summed E-state index contributed by atoms with van der Waals surface area (Å²) in [5.41, 5.74) is 3.77. The van der Waals surface area contributed by atoms with Crippen LogP contribution in [0.1, 0.15) is 28.7 Å². The van der Waals surface area contributed by atoms with E-state index in [4.69, 9.17) is 9.47 Å². The molecule has 3 aromatic rings. The maximum atomic E-state index is 13.7. The Morgan fingerprint density at radius 1 is 1.03 bits per heavy atom. The third kappa shape index (κ3) is 5.80. The molecular formula is C24H25FN2O3. The monoisotopic (exact) mass is 408 g/mol. The van der Waals surface area contributed by atoms with Crippen molar-refractivity contribution in [2.75, 3.05) is 7.11 Å². The first-order chi connectivity index (χ1) is 14.4. The summed E-state index contributed by atoms with van der Waals surface area (Å²) in [6, 6.07) is 14.4. The van der Waals surface area contributed by atoms with E-state index in [1.165, 1.54) is 13.2 Å². The van der Waals surface area contributed by atoms with Crippen LogP contribution in [-0.2, 0) is 17.8 Å². The fourth-order valence-electron chi connectivity index (χ4n) is 2.92. The van der Waals surface area contributed by atoms with Gasteiger partial charge in [-0.05, 0) is 60.7 Å². The van der Waals surface area contributed by atoms with Crippen LogP contribution in [0.5, 0.6) is 17.4 Å². The highest BCUT2D eigenvalue weighted by molar-refractivity contribution is 5.76. The lowest BCUT2D eigenvalue weighted by molar-refractivity contribution is -0.121. The van der Waals surface area contributed by atoms with Crippen molar-refractivity contribution in [2.45, 2.75) is 33.2 Å². The average Bonchev–Trinajstić information content (AvgIpc) is 2.74. The molecule has 0 aliphatic carbocycles. The predicted octanol–water partition coefficient (Wildman–Crippen LogP) is 4.89. The van der Waals surface area contributed by atoms with Crippen molar-refractivity contribution >= 4 is 5.91 Å². The van der Waals surface area contributed by atoms with E-state index in [1.54, 1.807) is 24.4 Å². The fourth-order valence-corrected chi connectivity index (χ4v) is 2.92. The second-order valence-electron chi connectivity index (χ2n) is 7.12. The molecule has 156 valence electrons. The van der Waals surface area contributed by atoms with E-state index < -0.39 is 5.82 Å². The van der Waals surface area contributed by atoms with Crippen molar-refractivity contribution in [3.63, 3.8) is 0 Å².